The molecule has 0 unspecified atom stereocenters. The molecule has 2 amide bonds. The van der Waals surface area contributed by atoms with Crippen LogP contribution in [0.4, 0.5) is 17.1 Å². The maximum absolute atomic E-state index is 12.1. The van der Waals surface area contributed by atoms with Crippen molar-refractivity contribution < 1.29 is 14.3 Å². The molecule has 0 spiro atoms. The monoisotopic (exact) mass is 339 g/mol. The van der Waals surface area contributed by atoms with Gasteiger partial charge in [-0.15, -0.1) is 0 Å². The summed E-state index contributed by atoms with van der Waals surface area (Å²) >= 11 is 0. The molecule has 0 bridgehead atoms. The lowest BCUT2D eigenvalue weighted by Gasteiger charge is -2.10. The van der Waals surface area contributed by atoms with Crippen molar-refractivity contribution in [1.29, 1.82) is 0 Å². The van der Waals surface area contributed by atoms with Crippen molar-refractivity contribution in [3.63, 3.8) is 0 Å². The van der Waals surface area contributed by atoms with E-state index in [9.17, 15) is 9.59 Å². The average molecular weight is 339 g/mol. The highest BCUT2D eigenvalue weighted by molar-refractivity contribution is 5.95. The predicted octanol–water partition coefficient (Wildman–Crippen LogP) is 3.26. The van der Waals surface area contributed by atoms with Crippen molar-refractivity contribution in [2.75, 3.05) is 29.1 Å². The molecule has 0 aliphatic carbocycles. The summed E-state index contributed by atoms with van der Waals surface area (Å²) in [6.45, 7) is 5.57. The zero-order valence-electron chi connectivity index (χ0n) is 14.0. The molecule has 0 heterocycles. The first-order valence-corrected chi connectivity index (χ1v) is 7.82. The maximum Gasteiger partial charge on any atom is 0.243 e. The Morgan fingerprint density at radius 1 is 1.04 bits per heavy atom. The highest BCUT2D eigenvalue weighted by atomic mass is 16.5. The fourth-order valence-electron chi connectivity index (χ4n) is 2.12. The third-order valence-electron chi connectivity index (χ3n) is 3.12. The molecule has 0 fully saturated rings. The van der Waals surface area contributed by atoms with Gasteiger partial charge in [0.05, 0.1) is 6.54 Å². The first-order valence-electron chi connectivity index (χ1n) is 7.82. The second-order valence-corrected chi connectivity index (χ2v) is 5.29. The van der Waals surface area contributed by atoms with Gasteiger partial charge in [0.2, 0.25) is 11.8 Å². The summed E-state index contributed by atoms with van der Waals surface area (Å²) in [5, 5.41) is 8.49. The van der Waals surface area contributed by atoms with E-state index in [1.165, 1.54) is 6.92 Å². The Kier molecular flexibility index (Phi) is 6.59. The minimum absolute atomic E-state index is 0.106. The van der Waals surface area contributed by atoms with Gasteiger partial charge in [0.1, 0.15) is 12.4 Å². The van der Waals surface area contributed by atoms with Gasteiger partial charge < -0.3 is 20.7 Å². The van der Waals surface area contributed by atoms with Crippen molar-refractivity contribution in [3.8, 4) is 5.75 Å². The van der Waals surface area contributed by atoms with Crippen LogP contribution in [-0.4, -0.2) is 25.0 Å². The minimum Gasteiger partial charge on any atom is -0.489 e. The number of nitrogens with one attached hydrogen (secondary N) is 3. The molecule has 0 aliphatic rings. The SMILES string of the molecule is C=CCOc1cccc(NCC(=O)Nc2cccc(NC(C)=O)c2)c1. The standard InChI is InChI=1S/C19H21N3O3/c1-3-10-25-18-9-5-6-15(12-18)20-13-19(24)22-17-8-4-7-16(11-17)21-14(2)23/h3-9,11-12,20H,1,10,13H2,2H3,(H,21,23)(H,22,24). The summed E-state index contributed by atoms with van der Waals surface area (Å²) < 4.78 is 5.45. The van der Waals surface area contributed by atoms with Crippen LogP contribution in [0.15, 0.2) is 61.2 Å². The molecule has 6 nitrogen and oxygen atoms in total. The number of ether oxygens (including phenoxy) is 1. The molecule has 0 saturated heterocycles. The van der Waals surface area contributed by atoms with Gasteiger partial charge in [-0.3, -0.25) is 9.59 Å². The van der Waals surface area contributed by atoms with Gasteiger partial charge in [0.15, 0.2) is 0 Å². The van der Waals surface area contributed by atoms with Gasteiger partial charge in [0, 0.05) is 30.1 Å². The van der Waals surface area contributed by atoms with E-state index < -0.39 is 0 Å². The Hall–Kier alpha value is -3.28. The smallest absolute Gasteiger partial charge is 0.243 e. The third kappa shape index (κ3) is 6.39. The van der Waals surface area contributed by atoms with Crippen molar-refractivity contribution in [1.82, 2.24) is 0 Å². The lowest BCUT2D eigenvalue weighted by Crippen LogP contribution is -2.21. The Balaban J connectivity index is 1.88. The first kappa shape index (κ1) is 18.1. The van der Waals surface area contributed by atoms with Gasteiger partial charge in [-0.2, -0.15) is 0 Å². The van der Waals surface area contributed by atoms with Crippen LogP contribution in [0.3, 0.4) is 0 Å². The van der Waals surface area contributed by atoms with E-state index in [4.69, 9.17) is 4.74 Å². The summed E-state index contributed by atoms with van der Waals surface area (Å²) in [6, 6.07) is 14.3. The fraction of sp³-hybridized carbons (Fsp3) is 0.158. The van der Waals surface area contributed by atoms with E-state index in [2.05, 4.69) is 22.5 Å². The summed E-state index contributed by atoms with van der Waals surface area (Å²) in [5.74, 6) is 0.342. The second kappa shape index (κ2) is 9.12. The molecule has 0 radical (unpaired) electrons. The van der Waals surface area contributed by atoms with Crippen LogP contribution in [0.5, 0.6) is 5.75 Å². The highest BCUT2D eigenvalue weighted by Crippen LogP contribution is 2.18. The summed E-state index contributed by atoms with van der Waals surface area (Å²) in [7, 11) is 0. The predicted molar refractivity (Wildman–Crippen MR) is 100.0 cm³/mol. The molecule has 2 aromatic carbocycles. The number of carbonyl (C=O) groups excluding carboxylic acids is 2. The summed E-state index contributed by atoms with van der Waals surface area (Å²) in [4.78, 5) is 23.1. The van der Waals surface area contributed by atoms with Gasteiger partial charge in [0.25, 0.3) is 0 Å². The van der Waals surface area contributed by atoms with Crippen molar-refractivity contribution in [2.24, 2.45) is 0 Å². The van der Waals surface area contributed by atoms with Crippen molar-refractivity contribution >= 4 is 28.9 Å². The topological polar surface area (TPSA) is 79.5 Å². The van der Waals surface area contributed by atoms with Crippen LogP contribution in [0.1, 0.15) is 6.92 Å². The lowest BCUT2D eigenvalue weighted by atomic mass is 10.2. The summed E-state index contributed by atoms with van der Waals surface area (Å²) in [6.07, 6.45) is 1.67. The van der Waals surface area contributed by atoms with E-state index in [0.717, 1.165) is 5.69 Å². The summed E-state index contributed by atoms with van der Waals surface area (Å²) in [5.41, 5.74) is 2.02. The lowest BCUT2D eigenvalue weighted by molar-refractivity contribution is -0.115. The normalized spacial score (nSPS) is 9.80. The van der Waals surface area contributed by atoms with Crippen LogP contribution in [0, 0.1) is 0 Å². The zero-order chi connectivity index (χ0) is 18.1. The highest BCUT2D eigenvalue weighted by Gasteiger charge is 2.04. The van der Waals surface area contributed by atoms with Crippen LogP contribution in [0.25, 0.3) is 0 Å². The Morgan fingerprint density at radius 3 is 2.44 bits per heavy atom. The van der Waals surface area contributed by atoms with E-state index >= 15 is 0 Å². The molecule has 0 aliphatic heterocycles. The van der Waals surface area contributed by atoms with Crippen LogP contribution in [0.2, 0.25) is 0 Å². The Morgan fingerprint density at radius 2 is 1.72 bits per heavy atom. The number of hydrogen-bond donors (Lipinski definition) is 3. The molecule has 130 valence electrons. The molecule has 2 aromatic rings. The molecule has 6 heteroatoms. The number of amides is 2. The van der Waals surface area contributed by atoms with E-state index in [1.54, 1.807) is 30.3 Å². The number of anilines is 3. The molecule has 3 N–H and O–H groups in total. The quantitative estimate of drug-likeness (QED) is 0.645. The maximum atomic E-state index is 12.1. The van der Waals surface area contributed by atoms with Crippen LogP contribution in [-0.2, 0) is 9.59 Å². The largest absolute Gasteiger partial charge is 0.489 e. The molecule has 25 heavy (non-hydrogen) atoms. The van der Waals surface area contributed by atoms with Gasteiger partial charge >= 0.3 is 0 Å². The zero-order valence-corrected chi connectivity index (χ0v) is 14.0. The Labute approximate surface area is 146 Å². The molecule has 0 aromatic heterocycles. The number of hydrogen-bond acceptors (Lipinski definition) is 4. The van der Waals surface area contributed by atoms with E-state index in [0.29, 0.717) is 23.7 Å². The van der Waals surface area contributed by atoms with Crippen molar-refractivity contribution in [3.05, 3.63) is 61.2 Å². The number of rotatable bonds is 8. The fourth-order valence-corrected chi connectivity index (χ4v) is 2.12. The van der Waals surface area contributed by atoms with Gasteiger partial charge in [-0.25, -0.2) is 0 Å². The van der Waals surface area contributed by atoms with E-state index in [1.807, 2.05) is 24.3 Å². The van der Waals surface area contributed by atoms with E-state index in [-0.39, 0.29) is 18.4 Å². The molecular formula is C19H21N3O3. The van der Waals surface area contributed by atoms with Gasteiger partial charge in [-0.05, 0) is 30.3 Å². The van der Waals surface area contributed by atoms with Crippen LogP contribution >= 0.6 is 0 Å². The molecule has 2 rings (SSSR count). The van der Waals surface area contributed by atoms with Gasteiger partial charge in [-0.1, -0.05) is 24.8 Å². The number of carbonyl (C=O) groups is 2. The van der Waals surface area contributed by atoms with Crippen molar-refractivity contribution in [2.45, 2.75) is 6.92 Å². The third-order valence-corrected chi connectivity index (χ3v) is 3.12. The molecular weight excluding hydrogens is 318 g/mol. The first-order chi connectivity index (χ1) is 12.1. The Bertz CT molecular complexity index is 759. The molecule has 0 saturated carbocycles. The molecule has 0 atom stereocenters. The second-order valence-electron chi connectivity index (χ2n) is 5.29. The average Bonchev–Trinajstić information content (AvgIpc) is 2.58. The number of benzene rings is 2. The van der Waals surface area contributed by atoms with Crippen LogP contribution < -0.4 is 20.7 Å². The minimum atomic E-state index is -0.197.